The summed E-state index contributed by atoms with van der Waals surface area (Å²) in [6, 6.07) is 0. The van der Waals surface area contributed by atoms with Crippen molar-refractivity contribution in [3.8, 4) is 0 Å². The van der Waals surface area contributed by atoms with Gasteiger partial charge in [0, 0.05) is 18.9 Å². The number of aryl methyl sites for hydroxylation is 1. The van der Waals surface area contributed by atoms with E-state index in [2.05, 4.69) is 15.9 Å². The number of carbonyl (C=O) groups is 1. The van der Waals surface area contributed by atoms with E-state index in [0.717, 1.165) is 5.69 Å². The summed E-state index contributed by atoms with van der Waals surface area (Å²) in [4.78, 5) is 10.9. The zero-order valence-electron chi connectivity index (χ0n) is 7.84. The number of aromatic carboxylic acids is 1. The minimum absolute atomic E-state index is 0.211. The fourth-order valence-electron chi connectivity index (χ4n) is 1.51. The average molecular weight is 246 g/mol. The van der Waals surface area contributed by atoms with E-state index in [1.807, 2.05) is 25.5 Å². The fourth-order valence-corrected chi connectivity index (χ4v) is 2.19. The number of carboxylic acid groups (broad SMARTS) is 1. The van der Waals surface area contributed by atoms with Crippen molar-refractivity contribution >= 4 is 21.9 Å². The highest BCUT2D eigenvalue weighted by molar-refractivity contribution is 9.10. The molecule has 4 heteroatoms. The molecule has 0 unspecified atom stereocenters. The number of hydrogen-bond donors (Lipinski definition) is 1. The van der Waals surface area contributed by atoms with E-state index in [-0.39, 0.29) is 5.92 Å². The molecule has 1 rings (SSSR count). The van der Waals surface area contributed by atoms with Gasteiger partial charge in [0.05, 0.1) is 10.0 Å². The largest absolute Gasteiger partial charge is 0.478 e. The highest BCUT2D eigenvalue weighted by Gasteiger charge is 2.20. The van der Waals surface area contributed by atoms with E-state index in [1.54, 1.807) is 6.20 Å². The quantitative estimate of drug-likeness (QED) is 0.871. The Balaban J connectivity index is 3.38. The summed E-state index contributed by atoms with van der Waals surface area (Å²) in [6.07, 6.45) is 1.78. The van der Waals surface area contributed by atoms with Gasteiger partial charge in [0.2, 0.25) is 0 Å². The maximum atomic E-state index is 10.9. The summed E-state index contributed by atoms with van der Waals surface area (Å²) in [6.45, 7) is 3.96. The van der Waals surface area contributed by atoms with Gasteiger partial charge in [0.15, 0.2) is 0 Å². The van der Waals surface area contributed by atoms with Crippen molar-refractivity contribution in [2.45, 2.75) is 19.8 Å². The first-order valence-electron chi connectivity index (χ1n) is 4.03. The maximum absolute atomic E-state index is 10.9. The van der Waals surface area contributed by atoms with Crippen LogP contribution in [0.1, 0.15) is 35.8 Å². The molecule has 1 N–H and O–H groups in total. The normalized spacial score (nSPS) is 10.8. The van der Waals surface area contributed by atoms with Crippen LogP contribution >= 0.6 is 15.9 Å². The summed E-state index contributed by atoms with van der Waals surface area (Å²) in [5.74, 6) is -0.668. The molecule has 13 heavy (non-hydrogen) atoms. The van der Waals surface area contributed by atoms with E-state index < -0.39 is 5.97 Å². The summed E-state index contributed by atoms with van der Waals surface area (Å²) in [5, 5.41) is 8.97. The maximum Gasteiger partial charge on any atom is 0.338 e. The molecule has 0 radical (unpaired) electrons. The molecule has 0 saturated heterocycles. The van der Waals surface area contributed by atoms with Crippen LogP contribution in [0.5, 0.6) is 0 Å². The van der Waals surface area contributed by atoms with Crippen LogP contribution in [0.3, 0.4) is 0 Å². The number of hydrogen-bond acceptors (Lipinski definition) is 1. The first-order valence-corrected chi connectivity index (χ1v) is 4.82. The van der Waals surface area contributed by atoms with E-state index in [4.69, 9.17) is 5.11 Å². The number of nitrogens with zero attached hydrogens (tertiary/aromatic N) is 1. The second-order valence-electron chi connectivity index (χ2n) is 3.31. The molecule has 3 nitrogen and oxygen atoms in total. The Labute approximate surface area is 85.5 Å². The molecule has 1 aromatic heterocycles. The Morgan fingerprint density at radius 2 is 2.15 bits per heavy atom. The van der Waals surface area contributed by atoms with Crippen LogP contribution in [0, 0.1) is 0 Å². The van der Waals surface area contributed by atoms with Crippen molar-refractivity contribution in [3.63, 3.8) is 0 Å². The van der Waals surface area contributed by atoms with E-state index >= 15 is 0 Å². The molecule has 0 spiro atoms. The summed E-state index contributed by atoms with van der Waals surface area (Å²) in [7, 11) is 1.85. The third-order valence-electron chi connectivity index (χ3n) is 1.94. The van der Waals surface area contributed by atoms with Gasteiger partial charge in [0.25, 0.3) is 0 Å². The van der Waals surface area contributed by atoms with Crippen LogP contribution in [-0.2, 0) is 7.05 Å². The van der Waals surface area contributed by atoms with Gasteiger partial charge < -0.3 is 9.67 Å². The van der Waals surface area contributed by atoms with E-state index in [9.17, 15) is 4.79 Å². The topological polar surface area (TPSA) is 42.2 Å². The van der Waals surface area contributed by atoms with Gasteiger partial charge in [0.1, 0.15) is 0 Å². The molecule has 1 aromatic rings. The Morgan fingerprint density at radius 3 is 2.46 bits per heavy atom. The smallest absolute Gasteiger partial charge is 0.338 e. The summed E-state index contributed by atoms with van der Waals surface area (Å²) < 4.78 is 2.49. The lowest BCUT2D eigenvalue weighted by Crippen LogP contribution is -2.05. The monoisotopic (exact) mass is 245 g/mol. The lowest BCUT2D eigenvalue weighted by atomic mass is 10.1. The van der Waals surface area contributed by atoms with E-state index in [0.29, 0.717) is 10.0 Å². The van der Waals surface area contributed by atoms with Crippen molar-refractivity contribution in [2.24, 2.45) is 7.05 Å². The molecule has 0 aliphatic rings. The molecule has 0 atom stereocenters. The van der Waals surface area contributed by atoms with E-state index in [1.165, 1.54) is 0 Å². The molecular formula is C9H12BrNO2. The number of carboxylic acids is 1. The second kappa shape index (κ2) is 3.54. The molecule has 0 aromatic carbocycles. The predicted octanol–water partition coefficient (Wildman–Crippen LogP) is 2.61. The third kappa shape index (κ3) is 1.77. The van der Waals surface area contributed by atoms with Gasteiger partial charge >= 0.3 is 5.97 Å². The Hall–Kier alpha value is -0.770. The van der Waals surface area contributed by atoms with Gasteiger partial charge in [-0.05, 0) is 21.8 Å². The van der Waals surface area contributed by atoms with Crippen LogP contribution in [0.4, 0.5) is 0 Å². The van der Waals surface area contributed by atoms with Crippen molar-refractivity contribution in [3.05, 3.63) is 21.9 Å². The lowest BCUT2D eigenvalue weighted by Gasteiger charge is -2.08. The molecule has 0 aliphatic heterocycles. The van der Waals surface area contributed by atoms with Crippen LogP contribution in [0.25, 0.3) is 0 Å². The van der Waals surface area contributed by atoms with Crippen molar-refractivity contribution < 1.29 is 9.90 Å². The van der Waals surface area contributed by atoms with Crippen molar-refractivity contribution in [1.29, 1.82) is 0 Å². The van der Waals surface area contributed by atoms with Crippen LogP contribution < -0.4 is 0 Å². The Bertz CT molecular complexity index is 342. The predicted molar refractivity (Wildman–Crippen MR) is 54.2 cm³/mol. The Kier molecular flexibility index (Phi) is 2.81. The third-order valence-corrected chi connectivity index (χ3v) is 2.54. The number of rotatable bonds is 2. The zero-order valence-corrected chi connectivity index (χ0v) is 9.42. The van der Waals surface area contributed by atoms with Crippen molar-refractivity contribution in [2.75, 3.05) is 0 Å². The fraction of sp³-hybridized carbons (Fsp3) is 0.444. The molecule has 1 heterocycles. The standard InChI is InChI=1S/C9H12BrNO2/c1-5(2)8-7(9(12)13)6(10)4-11(8)3/h4-5H,1-3H3,(H,12,13). The highest BCUT2D eigenvalue weighted by Crippen LogP contribution is 2.27. The molecule has 0 bridgehead atoms. The summed E-state index contributed by atoms with van der Waals surface area (Å²) >= 11 is 3.24. The minimum Gasteiger partial charge on any atom is -0.478 e. The molecule has 0 saturated carbocycles. The van der Waals surface area contributed by atoms with Crippen LogP contribution in [0.15, 0.2) is 10.7 Å². The lowest BCUT2D eigenvalue weighted by molar-refractivity contribution is 0.0694. The van der Waals surface area contributed by atoms with Crippen LogP contribution in [0.2, 0.25) is 0 Å². The average Bonchev–Trinajstić information content (AvgIpc) is 2.24. The van der Waals surface area contributed by atoms with Crippen LogP contribution in [-0.4, -0.2) is 15.6 Å². The molecule has 72 valence electrons. The minimum atomic E-state index is -0.879. The summed E-state index contributed by atoms with van der Waals surface area (Å²) in [5.41, 5.74) is 1.22. The molecular weight excluding hydrogens is 234 g/mol. The number of halogens is 1. The number of aromatic nitrogens is 1. The van der Waals surface area contributed by atoms with Gasteiger partial charge in [-0.3, -0.25) is 0 Å². The van der Waals surface area contributed by atoms with Gasteiger partial charge in [-0.15, -0.1) is 0 Å². The second-order valence-corrected chi connectivity index (χ2v) is 4.16. The molecule has 0 aliphatic carbocycles. The Morgan fingerprint density at radius 1 is 1.62 bits per heavy atom. The SMILES string of the molecule is CC(C)c1c(C(=O)O)c(Br)cn1C. The first-order chi connectivity index (χ1) is 5.95. The molecule has 0 amide bonds. The van der Waals surface area contributed by atoms with Gasteiger partial charge in [-0.2, -0.15) is 0 Å². The first kappa shape index (κ1) is 10.3. The highest BCUT2D eigenvalue weighted by atomic mass is 79.9. The van der Waals surface area contributed by atoms with Gasteiger partial charge in [-0.25, -0.2) is 4.79 Å². The van der Waals surface area contributed by atoms with Crippen molar-refractivity contribution in [1.82, 2.24) is 4.57 Å². The van der Waals surface area contributed by atoms with Gasteiger partial charge in [-0.1, -0.05) is 13.8 Å². The zero-order chi connectivity index (χ0) is 10.2. The molecule has 0 fully saturated rings.